The maximum Gasteiger partial charge on any atom is 0.175 e. The van der Waals surface area contributed by atoms with Crippen molar-refractivity contribution in [1.82, 2.24) is 14.6 Å². The van der Waals surface area contributed by atoms with Crippen molar-refractivity contribution in [2.24, 2.45) is 0 Å². The Labute approximate surface area is 111 Å². The fourth-order valence-electron chi connectivity index (χ4n) is 1.71. The van der Waals surface area contributed by atoms with Crippen LogP contribution in [0.3, 0.4) is 0 Å². The van der Waals surface area contributed by atoms with Crippen molar-refractivity contribution >= 4 is 33.2 Å². The number of halogens is 2. The molecule has 0 fully saturated rings. The first-order valence-corrected chi connectivity index (χ1v) is 6.18. The molecule has 2 heterocycles. The molecule has 0 amide bonds. The van der Waals surface area contributed by atoms with Crippen molar-refractivity contribution in [2.45, 2.75) is 0 Å². The van der Waals surface area contributed by atoms with Crippen molar-refractivity contribution in [3.05, 3.63) is 52.1 Å². The summed E-state index contributed by atoms with van der Waals surface area (Å²) in [4.78, 5) is 0. The SMILES string of the molecule is Clc1ccccc1-c1nnc2c(Br)cccn12. The van der Waals surface area contributed by atoms with E-state index in [0.717, 1.165) is 21.5 Å². The van der Waals surface area contributed by atoms with Gasteiger partial charge in [-0.1, -0.05) is 23.7 Å². The standard InChI is InChI=1S/C12H7BrClN3/c13-9-5-3-7-17-11(15-16-12(9)17)8-4-1-2-6-10(8)14/h1-7H. The Morgan fingerprint density at radius 2 is 1.88 bits per heavy atom. The summed E-state index contributed by atoms with van der Waals surface area (Å²) < 4.78 is 2.82. The lowest BCUT2D eigenvalue weighted by Crippen LogP contribution is -1.89. The molecule has 0 saturated heterocycles. The van der Waals surface area contributed by atoms with Gasteiger partial charge in [-0.25, -0.2) is 0 Å². The van der Waals surface area contributed by atoms with Crippen LogP contribution in [0.4, 0.5) is 0 Å². The Kier molecular flexibility index (Phi) is 2.61. The average molecular weight is 309 g/mol. The van der Waals surface area contributed by atoms with Crippen LogP contribution in [-0.2, 0) is 0 Å². The Morgan fingerprint density at radius 1 is 1.06 bits per heavy atom. The van der Waals surface area contributed by atoms with Gasteiger partial charge < -0.3 is 0 Å². The van der Waals surface area contributed by atoms with Crippen molar-refractivity contribution < 1.29 is 0 Å². The van der Waals surface area contributed by atoms with Gasteiger partial charge in [-0.05, 0) is 40.2 Å². The van der Waals surface area contributed by atoms with Crippen LogP contribution < -0.4 is 0 Å². The van der Waals surface area contributed by atoms with Gasteiger partial charge in [0.15, 0.2) is 11.5 Å². The minimum Gasteiger partial charge on any atom is -0.281 e. The molecule has 0 aliphatic heterocycles. The van der Waals surface area contributed by atoms with E-state index in [0.29, 0.717) is 5.02 Å². The quantitative estimate of drug-likeness (QED) is 0.684. The summed E-state index contributed by atoms with van der Waals surface area (Å²) in [6.45, 7) is 0. The number of rotatable bonds is 1. The summed E-state index contributed by atoms with van der Waals surface area (Å²) in [6, 6.07) is 11.5. The van der Waals surface area contributed by atoms with E-state index in [1.165, 1.54) is 0 Å². The molecule has 2 aromatic heterocycles. The molecule has 1 aromatic carbocycles. The molecule has 17 heavy (non-hydrogen) atoms. The first-order chi connectivity index (χ1) is 8.27. The highest BCUT2D eigenvalue weighted by Crippen LogP contribution is 2.27. The number of nitrogens with zero attached hydrogens (tertiary/aromatic N) is 3. The second-order valence-corrected chi connectivity index (χ2v) is 4.81. The molecule has 3 rings (SSSR count). The third-order valence-corrected chi connectivity index (χ3v) is 3.45. The van der Waals surface area contributed by atoms with E-state index >= 15 is 0 Å². The highest BCUT2D eigenvalue weighted by atomic mass is 79.9. The lowest BCUT2D eigenvalue weighted by atomic mass is 10.2. The van der Waals surface area contributed by atoms with Crippen LogP contribution in [0.25, 0.3) is 17.0 Å². The Morgan fingerprint density at radius 3 is 2.71 bits per heavy atom. The molecule has 0 aliphatic rings. The van der Waals surface area contributed by atoms with Crippen molar-refractivity contribution in [2.75, 3.05) is 0 Å². The van der Waals surface area contributed by atoms with Gasteiger partial charge in [0.1, 0.15) is 0 Å². The third-order valence-electron chi connectivity index (χ3n) is 2.50. The van der Waals surface area contributed by atoms with Crippen LogP contribution >= 0.6 is 27.5 Å². The van der Waals surface area contributed by atoms with E-state index in [2.05, 4.69) is 26.1 Å². The molecule has 3 aromatic rings. The van der Waals surface area contributed by atoms with E-state index in [9.17, 15) is 0 Å². The zero-order valence-corrected chi connectivity index (χ0v) is 11.0. The first kappa shape index (κ1) is 10.7. The van der Waals surface area contributed by atoms with Crippen LogP contribution in [0.1, 0.15) is 0 Å². The molecular formula is C12H7BrClN3. The van der Waals surface area contributed by atoms with Crippen molar-refractivity contribution in [3.63, 3.8) is 0 Å². The second kappa shape index (κ2) is 4.13. The normalized spacial score (nSPS) is 10.9. The molecule has 0 aliphatic carbocycles. The summed E-state index contributed by atoms with van der Waals surface area (Å²) in [7, 11) is 0. The van der Waals surface area contributed by atoms with Gasteiger partial charge >= 0.3 is 0 Å². The number of aromatic nitrogens is 3. The zero-order valence-electron chi connectivity index (χ0n) is 8.64. The number of hydrogen-bond acceptors (Lipinski definition) is 2. The topological polar surface area (TPSA) is 30.2 Å². The fraction of sp³-hybridized carbons (Fsp3) is 0. The lowest BCUT2D eigenvalue weighted by molar-refractivity contribution is 1.11. The van der Waals surface area contributed by atoms with E-state index in [-0.39, 0.29) is 0 Å². The van der Waals surface area contributed by atoms with Gasteiger partial charge in [0.05, 0.1) is 9.50 Å². The molecule has 84 valence electrons. The number of fused-ring (bicyclic) bond motifs is 1. The Bertz CT molecular complexity index is 693. The predicted octanol–water partition coefficient (Wildman–Crippen LogP) is 3.81. The maximum absolute atomic E-state index is 6.16. The minimum absolute atomic E-state index is 0.668. The summed E-state index contributed by atoms with van der Waals surface area (Å²) in [5, 5.41) is 9.00. The second-order valence-electron chi connectivity index (χ2n) is 3.55. The highest BCUT2D eigenvalue weighted by molar-refractivity contribution is 9.10. The van der Waals surface area contributed by atoms with E-state index in [4.69, 9.17) is 11.6 Å². The van der Waals surface area contributed by atoms with Crippen LogP contribution in [0.2, 0.25) is 5.02 Å². The Balaban J connectivity index is 2.33. The van der Waals surface area contributed by atoms with E-state index in [1.807, 2.05) is 47.0 Å². The molecule has 0 N–H and O–H groups in total. The monoisotopic (exact) mass is 307 g/mol. The highest BCUT2D eigenvalue weighted by Gasteiger charge is 2.11. The predicted molar refractivity (Wildman–Crippen MR) is 71.1 cm³/mol. The zero-order chi connectivity index (χ0) is 11.8. The number of hydrogen-bond donors (Lipinski definition) is 0. The molecule has 0 radical (unpaired) electrons. The summed E-state index contributed by atoms with van der Waals surface area (Å²) >= 11 is 9.61. The van der Waals surface area contributed by atoms with Gasteiger partial charge in [-0.3, -0.25) is 4.40 Å². The molecule has 0 atom stereocenters. The number of pyridine rings is 1. The molecule has 5 heteroatoms. The van der Waals surface area contributed by atoms with Crippen molar-refractivity contribution in [1.29, 1.82) is 0 Å². The van der Waals surface area contributed by atoms with Crippen LogP contribution in [0, 0.1) is 0 Å². The summed E-state index contributed by atoms with van der Waals surface area (Å²) in [5.41, 5.74) is 1.65. The first-order valence-electron chi connectivity index (χ1n) is 5.01. The van der Waals surface area contributed by atoms with Gasteiger partial charge in [0.25, 0.3) is 0 Å². The maximum atomic E-state index is 6.16. The van der Waals surface area contributed by atoms with E-state index in [1.54, 1.807) is 0 Å². The lowest BCUT2D eigenvalue weighted by Gasteiger charge is -2.02. The van der Waals surface area contributed by atoms with Crippen LogP contribution in [-0.4, -0.2) is 14.6 Å². The average Bonchev–Trinajstić information content (AvgIpc) is 2.75. The molecule has 0 spiro atoms. The van der Waals surface area contributed by atoms with E-state index < -0.39 is 0 Å². The fourth-order valence-corrected chi connectivity index (χ4v) is 2.35. The van der Waals surface area contributed by atoms with Crippen molar-refractivity contribution in [3.8, 4) is 11.4 Å². The van der Waals surface area contributed by atoms with Gasteiger partial charge in [0.2, 0.25) is 0 Å². The van der Waals surface area contributed by atoms with Gasteiger partial charge in [-0.2, -0.15) is 0 Å². The molecular weight excluding hydrogens is 302 g/mol. The number of benzene rings is 1. The van der Waals surface area contributed by atoms with Gasteiger partial charge in [0, 0.05) is 11.8 Å². The molecule has 0 saturated carbocycles. The van der Waals surface area contributed by atoms with Crippen LogP contribution in [0.5, 0.6) is 0 Å². The molecule has 3 nitrogen and oxygen atoms in total. The summed E-state index contributed by atoms with van der Waals surface area (Å²) in [6.07, 6.45) is 1.92. The smallest absolute Gasteiger partial charge is 0.175 e. The largest absolute Gasteiger partial charge is 0.281 e. The minimum atomic E-state index is 0.668. The van der Waals surface area contributed by atoms with Gasteiger partial charge in [-0.15, -0.1) is 10.2 Å². The Hall–Kier alpha value is -1.39. The molecule has 0 bridgehead atoms. The molecule has 0 unspecified atom stereocenters. The summed E-state index contributed by atoms with van der Waals surface area (Å²) in [5.74, 6) is 0.743. The van der Waals surface area contributed by atoms with Crippen LogP contribution in [0.15, 0.2) is 47.1 Å². The third kappa shape index (κ3) is 1.73.